The maximum absolute atomic E-state index is 12.7. The second-order valence-corrected chi connectivity index (χ2v) is 20.0. The Morgan fingerprint density at radius 1 is 0.939 bits per heavy atom. The molecule has 278 valence electrons. The summed E-state index contributed by atoms with van der Waals surface area (Å²) in [6, 6.07) is 0.665. The van der Waals surface area contributed by atoms with Crippen LogP contribution >= 0.6 is 0 Å². The number of ether oxygens (including phenoxy) is 4. The van der Waals surface area contributed by atoms with Crippen molar-refractivity contribution < 1.29 is 23.7 Å². The molecule has 0 aromatic carbocycles. The van der Waals surface area contributed by atoms with Crippen molar-refractivity contribution in [2.24, 2.45) is 63.1 Å². The van der Waals surface area contributed by atoms with E-state index >= 15 is 0 Å². The van der Waals surface area contributed by atoms with E-state index in [0.717, 1.165) is 49.8 Å². The summed E-state index contributed by atoms with van der Waals surface area (Å²) in [5.41, 5.74) is 1.43. The van der Waals surface area contributed by atoms with Crippen LogP contribution in [0.1, 0.15) is 99.8 Å². The predicted molar refractivity (Wildman–Crippen MR) is 191 cm³/mol. The summed E-state index contributed by atoms with van der Waals surface area (Å²) in [4.78, 5) is 19.2. The third-order valence-electron chi connectivity index (χ3n) is 17.1. The topological polar surface area (TPSA) is 63.7 Å². The first-order valence-electron chi connectivity index (χ1n) is 20.4. The number of fused-ring (bicyclic) bond motifs is 4. The lowest BCUT2D eigenvalue weighted by Gasteiger charge is -2.60. The molecule has 8 heteroatoms. The van der Waals surface area contributed by atoms with E-state index in [2.05, 4.69) is 65.3 Å². The fraction of sp³-hybridized carbons (Fsp3) is 0.976. The van der Waals surface area contributed by atoms with E-state index in [1.165, 1.54) is 58.0 Å². The molecule has 8 nitrogen and oxygen atoms in total. The number of likely N-dealkylation sites (tertiary alicyclic amines) is 1. The summed E-state index contributed by atoms with van der Waals surface area (Å²) in [7, 11) is 5.76. The molecule has 7 unspecified atom stereocenters. The molecule has 8 aliphatic rings. The van der Waals surface area contributed by atoms with Crippen molar-refractivity contribution in [3.05, 3.63) is 0 Å². The second kappa shape index (κ2) is 12.0. The van der Waals surface area contributed by atoms with Crippen LogP contribution in [0.3, 0.4) is 0 Å². The van der Waals surface area contributed by atoms with Gasteiger partial charge < -0.3 is 28.7 Å². The molecule has 5 aliphatic carbocycles. The molecular weight excluding hydrogens is 614 g/mol. The van der Waals surface area contributed by atoms with Gasteiger partial charge in [-0.2, -0.15) is 0 Å². The van der Waals surface area contributed by atoms with E-state index in [-0.39, 0.29) is 48.1 Å². The molecular formula is C41H69N3O5. The summed E-state index contributed by atoms with van der Waals surface area (Å²) >= 11 is 0. The minimum absolute atomic E-state index is 0.0221. The van der Waals surface area contributed by atoms with E-state index in [1.54, 1.807) is 19.0 Å². The van der Waals surface area contributed by atoms with Crippen molar-refractivity contribution in [1.29, 1.82) is 0 Å². The number of hydrogen-bond donors (Lipinski definition) is 0. The first-order valence-corrected chi connectivity index (χ1v) is 20.4. The van der Waals surface area contributed by atoms with Gasteiger partial charge in [0.1, 0.15) is 6.10 Å². The fourth-order valence-electron chi connectivity index (χ4n) is 15.0. The van der Waals surface area contributed by atoms with Crippen molar-refractivity contribution in [3.8, 4) is 0 Å². The summed E-state index contributed by atoms with van der Waals surface area (Å²) in [5, 5.41) is 0. The average Bonchev–Trinajstić information content (AvgIpc) is 3.39. The van der Waals surface area contributed by atoms with Gasteiger partial charge in [0.15, 0.2) is 6.29 Å². The number of nitrogens with zero attached hydrogens (tertiary/aromatic N) is 3. The van der Waals surface area contributed by atoms with E-state index in [0.29, 0.717) is 34.1 Å². The van der Waals surface area contributed by atoms with Gasteiger partial charge in [-0.25, -0.2) is 4.79 Å². The van der Waals surface area contributed by atoms with Gasteiger partial charge in [0.25, 0.3) is 0 Å². The number of carbonyl (C=O) groups excluding carboxylic acids is 1. The number of hydrogen-bond acceptors (Lipinski definition) is 7. The predicted octanol–water partition coefficient (Wildman–Crippen LogP) is 6.77. The van der Waals surface area contributed by atoms with Crippen LogP contribution < -0.4 is 0 Å². The zero-order valence-corrected chi connectivity index (χ0v) is 32.6. The van der Waals surface area contributed by atoms with Crippen molar-refractivity contribution in [3.63, 3.8) is 0 Å². The Bertz CT molecular complexity index is 1270. The van der Waals surface area contributed by atoms with Crippen molar-refractivity contribution >= 4 is 6.09 Å². The van der Waals surface area contributed by atoms with Gasteiger partial charge in [0.05, 0.1) is 24.9 Å². The van der Waals surface area contributed by atoms with Crippen molar-refractivity contribution in [2.75, 3.05) is 53.9 Å². The molecule has 3 saturated heterocycles. The first kappa shape index (κ1) is 35.1. The largest absolute Gasteiger partial charge is 0.443 e. The number of rotatable bonds is 6. The lowest BCUT2D eigenvalue weighted by molar-refractivity contribution is -0.250. The summed E-state index contributed by atoms with van der Waals surface area (Å²) in [6.07, 6.45) is 10.1. The van der Waals surface area contributed by atoms with E-state index < -0.39 is 0 Å². The average molecular weight is 684 g/mol. The molecule has 8 fully saturated rings. The highest BCUT2D eigenvalue weighted by atomic mass is 16.7. The van der Waals surface area contributed by atoms with Gasteiger partial charge in [0, 0.05) is 46.3 Å². The molecule has 1 amide bonds. The molecule has 5 saturated carbocycles. The van der Waals surface area contributed by atoms with Gasteiger partial charge in [0.2, 0.25) is 0 Å². The van der Waals surface area contributed by atoms with Gasteiger partial charge in [-0.05, 0) is 121 Å². The summed E-state index contributed by atoms with van der Waals surface area (Å²) in [5.74, 6) is 4.43. The minimum atomic E-state index is -0.256. The third-order valence-corrected chi connectivity index (χ3v) is 17.1. The molecule has 0 N–H and O–H groups in total. The molecule has 14 atom stereocenters. The monoisotopic (exact) mass is 684 g/mol. The van der Waals surface area contributed by atoms with Gasteiger partial charge in [-0.15, -0.1) is 0 Å². The van der Waals surface area contributed by atoms with Crippen molar-refractivity contribution in [1.82, 2.24) is 14.7 Å². The normalized spacial score (nSPS) is 49.9. The second-order valence-electron chi connectivity index (χ2n) is 20.0. The smallest absolute Gasteiger partial charge is 0.409 e. The van der Waals surface area contributed by atoms with E-state index in [1.807, 2.05) is 0 Å². The molecule has 0 aromatic heterocycles. The Hall–Kier alpha value is -0.930. The number of amides is 1. The van der Waals surface area contributed by atoms with Crippen LogP contribution in [0.2, 0.25) is 0 Å². The van der Waals surface area contributed by atoms with Gasteiger partial charge >= 0.3 is 6.09 Å². The standard InChI is InChI=1S/C41H69N3O5/c1-24(2)36(49-37(45)42(8)9)31-19-25(3)35-30(47-31)20-29-28-11-12-32-38(5,6)33(48-34-23-44(17-18-46-34)27-21-43(10)22-27)13-14-41(32)26(4)40(28,41)16-15-39(29,35)7/h24-36H,11-23H2,1-10H3/t25-,26+,28?,29?,30?,31?,32+,33+,34?,35?,36-,39+,40+,41?/m1/s1. The van der Waals surface area contributed by atoms with Crippen LogP contribution in [0, 0.1) is 63.1 Å². The fourth-order valence-corrected chi connectivity index (χ4v) is 15.0. The Morgan fingerprint density at radius 2 is 1.69 bits per heavy atom. The van der Waals surface area contributed by atoms with Crippen LogP contribution in [-0.4, -0.2) is 111 Å². The molecule has 0 bridgehead atoms. The first-order chi connectivity index (χ1) is 23.1. The van der Waals surface area contributed by atoms with Gasteiger partial charge in [-0.1, -0.05) is 48.5 Å². The highest BCUT2D eigenvalue weighted by molar-refractivity contribution is 5.67. The Balaban J connectivity index is 0.982. The minimum Gasteiger partial charge on any atom is -0.443 e. The molecule has 0 aromatic rings. The summed E-state index contributed by atoms with van der Waals surface area (Å²) < 4.78 is 26.5. The highest BCUT2D eigenvalue weighted by Crippen LogP contribution is 2.89. The molecule has 2 spiro atoms. The Kier molecular flexibility index (Phi) is 8.63. The van der Waals surface area contributed by atoms with Crippen LogP contribution in [-0.2, 0) is 18.9 Å². The van der Waals surface area contributed by atoms with Gasteiger partial charge in [-0.3, -0.25) is 4.90 Å². The van der Waals surface area contributed by atoms with E-state index in [9.17, 15) is 4.79 Å². The van der Waals surface area contributed by atoms with Crippen molar-refractivity contribution in [2.45, 2.75) is 137 Å². The zero-order valence-electron chi connectivity index (χ0n) is 32.6. The Labute approximate surface area is 297 Å². The number of likely N-dealkylation sites (N-methyl/N-ethyl adjacent to an activating group) is 1. The lowest BCUT2D eigenvalue weighted by Crippen LogP contribution is -2.62. The van der Waals surface area contributed by atoms with Crippen LogP contribution in [0.25, 0.3) is 0 Å². The quantitative estimate of drug-likeness (QED) is 0.307. The summed E-state index contributed by atoms with van der Waals surface area (Å²) in [6.45, 7) is 22.4. The third kappa shape index (κ3) is 5.02. The van der Waals surface area contributed by atoms with Crippen LogP contribution in [0.4, 0.5) is 4.79 Å². The molecule has 8 rings (SSSR count). The van der Waals surface area contributed by atoms with E-state index in [4.69, 9.17) is 18.9 Å². The lowest BCUT2D eigenvalue weighted by atomic mass is 9.46. The molecule has 49 heavy (non-hydrogen) atoms. The Morgan fingerprint density at radius 3 is 2.39 bits per heavy atom. The molecule has 3 aliphatic heterocycles. The highest BCUT2D eigenvalue weighted by Gasteiger charge is 2.85. The number of carbonyl (C=O) groups is 1. The molecule has 3 heterocycles. The number of morpholine rings is 1. The van der Waals surface area contributed by atoms with Crippen LogP contribution in [0.15, 0.2) is 0 Å². The maximum Gasteiger partial charge on any atom is 0.409 e. The van der Waals surface area contributed by atoms with Crippen LogP contribution in [0.5, 0.6) is 0 Å². The molecule has 0 radical (unpaired) electrons. The maximum atomic E-state index is 12.7. The zero-order chi connectivity index (χ0) is 34.8. The SMILES string of the molecule is CC(C)[C@@H](OC(=O)N(C)C)C1C[C@@H](C)C2C(CC3C4CC[C@H]5C(C)(C)[C@@H](OC6CN(C7CN(C)C7)CCO6)CCC56[C@@H](C)[C@@]46CC[C@@]32C)O1.